The van der Waals surface area contributed by atoms with Gasteiger partial charge in [-0.3, -0.25) is 9.08 Å². The van der Waals surface area contributed by atoms with Crippen LogP contribution in [-0.2, 0) is 30.3 Å². The van der Waals surface area contributed by atoms with E-state index in [1.807, 2.05) is 29.1 Å². The number of unbranched alkanes of at least 4 members (excludes halogenated alkanes) is 21. The summed E-state index contributed by atoms with van der Waals surface area (Å²) in [6.45, 7) is 3.02. The monoisotopic (exact) mass is 889 g/mol. The lowest BCUT2D eigenvalue weighted by Crippen LogP contribution is -2.32. The zero-order chi connectivity index (χ0) is 43.1. The molecule has 0 amide bonds. The fraction of sp³-hybridized carbons (Fsp3) is 0.698. The summed E-state index contributed by atoms with van der Waals surface area (Å²) in [6.07, 6.45) is 34.1. The first-order chi connectivity index (χ1) is 28.2. The molecule has 1 aromatic heterocycles. The van der Waals surface area contributed by atoms with Crippen molar-refractivity contribution in [2.24, 2.45) is 0 Å². The van der Waals surface area contributed by atoms with Crippen LogP contribution < -0.4 is 14.4 Å². The van der Waals surface area contributed by atoms with Gasteiger partial charge in [-0.15, -0.1) is 0 Å². The van der Waals surface area contributed by atoms with Crippen molar-refractivity contribution in [3.63, 3.8) is 0 Å². The molecule has 0 aliphatic rings. The first-order valence-electron chi connectivity index (χ1n) is 22.1. The topological polar surface area (TPSA) is 201 Å². The molecule has 13 nitrogen and oxygen atoms in total. The molecule has 1 heterocycles. The van der Waals surface area contributed by atoms with Crippen LogP contribution in [0.25, 0.3) is 12.2 Å². The quantitative estimate of drug-likeness (QED) is 0.0185. The van der Waals surface area contributed by atoms with E-state index in [-0.39, 0.29) is 19.0 Å². The number of pyridine rings is 1. The molecule has 0 aliphatic carbocycles. The van der Waals surface area contributed by atoms with Gasteiger partial charge in [-0.25, -0.2) is 9.13 Å². The zero-order valence-electron chi connectivity index (χ0n) is 35.4. The molecule has 0 unspecified atom stereocenters. The molecule has 0 bridgehead atoms. The van der Waals surface area contributed by atoms with Crippen LogP contribution in [0.1, 0.15) is 165 Å². The molecular formula is C43H75N2O11P2S+. The highest BCUT2D eigenvalue weighted by Gasteiger charge is 2.18. The number of anilines is 1. The van der Waals surface area contributed by atoms with Crippen molar-refractivity contribution in [2.75, 3.05) is 37.0 Å². The maximum atomic E-state index is 10.9. The highest BCUT2D eigenvalue weighted by atomic mass is 32.2. The van der Waals surface area contributed by atoms with E-state index in [0.29, 0.717) is 32.2 Å². The Bertz CT molecular complexity index is 1520. The second-order valence-corrected chi connectivity index (χ2v) is 19.8. The van der Waals surface area contributed by atoms with Crippen LogP contribution in [0.15, 0.2) is 48.8 Å². The molecule has 0 aliphatic heterocycles. The highest BCUT2D eigenvalue weighted by Crippen LogP contribution is 2.40. The van der Waals surface area contributed by atoms with Gasteiger partial charge in [-0.2, -0.15) is 22.7 Å². The lowest BCUT2D eigenvalue weighted by molar-refractivity contribution is -0.697. The molecule has 5 N–H and O–H groups in total. The van der Waals surface area contributed by atoms with E-state index in [0.717, 1.165) is 62.7 Å². The van der Waals surface area contributed by atoms with Crippen molar-refractivity contribution < 1.29 is 55.6 Å². The van der Waals surface area contributed by atoms with Gasteiger partial charge >= 0.3 is 16.0 Å². The highest BCUT2D eigenvalue weighted by molar-refractivity contribution is 7.85. The summed E-state index contributed by atoms with van der Waals surface area (Å²) < 4.78 is 52.5. The van der Waals surface area contributed by atoms with Gasteiger partial charge in [0.1, 0.15) is 6.54 Å². The van der Waals surface area contributed by atoms with Gasteiger partial charge in [-0.05, 0) is 55.4 Å². The molecule has 0 spiro atoms. The largest absolute Gasteiger partial charge is 0.606 e. The van der Waals surface area contributed by atoms with Gasteiger partial charge < -0.3 is 19.6 Å². The molecule has 0 fully saturated rings. The van der Waals surface area contributed by atoms with Crippen LogP contribution in [0, 0.1) is 0 Å². The lowest BCUT2D eigenvalue weighted by Gasteiger charge is -2.25. The van der Waals surface area contributed by atoms with Crippen molar-refractivity contribution in [1.82, 2.24) is 0 Å². The fourth-order valence-electron chi connectivity index (χ4n) is 7.02. The summed E-state index contributed by atoms with van der Waals surface area (Å²) >= 11 is 0. The molecule has 0 radical (unpaired) electrons. The molecule has 1 aromatic carbocycles. The van der Waals surface area contributed by atoms with Gasteiger partial charge in [0.25, 0.3) is 10.1 Å². The number of phosphoric ester groups is 2. The van der Waals surface area contributed by atoms with E-state index in [1.54, 1.807) is 0 Å². The Kier molecular flexibility index (Phi) is 28.9. The average Bonchev–Trinajstić information content (AvgIpc) is 3.17. The van der Waals surface area contributed by atoms with Crippen LogP contribution in [0.5, 0.6) is 0 Å². The van der Waals surface area contributed by atoms with Crippen LogP contribution >= 0.6 is 16.0 Å². The number of hydrogen-bond acceptors (Lipinski definition) is 9. The van der Waals surface area contributed by atoms with Crippen molar-refractivity contribution in [3.05, 3.63) is 59.9 Å². The predicted molar refractivity (Wildman–Crippen MR) is 237 cm³/mol. The van der Waals surface area contributed by atoms with E-state index in [9.17, 15) is 17.9 Å². The number of rotatable bonds is 38. The predicted octanol–water partition coefficient (Wildman–Crippen LogP) is 9.35. The minimum atomic E-state index is -4.34. The van der Waals surface area contributed by atoms with Crippen LogP contribution in [0.4, 0.5) is 5.69 Å². The average molecular weight is 890 g/mol. The SMILES string of the molecule is O=P(O)(O)OCCCCCCCCCCCCCN(CCCCCCCCCCCCCO[P+]([O-])(O)O)c1ccc(C=Cc2cc[n+](CCCCS(=O)(=O)O)cc2)cc1. The summed E-state index contributed by atoms with van der Waals surface area (Å²) in [6, 6.07) is 12.9. The molecular weight excluding hydrogens is 814 g/mol. The van der Waals surface area contributed by atoms with Gasteiger partial charge in [0, 0.05) is 37.3 Å². The van der Waals surface area contributed by atoms with Crippen molar-refractivity contribution in [2.45, 2.75) is 161 Å². The first-order valence-corrected chi connectivity index (χ1v) is 26.7. The minimum absolute atomic E-state index is 0.118. The first kappa shape index (κ1) is 53.3. The smallest absolute Gasteiger partial charge is 0.469 e. The third-order valence-corrected chi connectivity index (χ3v) is 12.2. The Hall–Kier alpha value is -1.80. The summed E-state index contributed by atoms with van der Waals surface area (Å²) in [4.78, 5) is 48.3. The number of hydrogen-bond donors (Lipinski definition) is 5. The molecule has 0 saturated carbocycles. The summed E-state index contributed by atoms with van der Waals surface area (Å²) in [7, 11) is -12.6. The Labute approximate surface area is 355 Å². The minimum Gasteiger partial charge on any atom is -0.606 e. The van der Waals surface area contributed by atoms with Crippen LogP contribution in [0.3, 0.4) is 0 Å². The summed E-state index contributed by atoms with van der Waals surface area (Å²) in [5, 5.41) is 0. The van der Waals surface area contributed by atoms with E-state index >= 15 is 0 Å². The van der Waals surface area contributed by atoms with Gasteiger partial charge in [0.05, 0.1) is 19.0 Å². The standard InChI is InChI=1S/C43H74N2O11P2S/c46-57(47,48)55-38-22-17-13-9-5-1-3-7-11-15-19-34-45(35-20-16-12-8-4-2-6-10-14-18-23-39-56-58(49,50)51)43-29-27-41(28-30-43)25-26-42-31-36-44(37-32-42)33-21-24-40-59(52,53)54/h25-32,36-37H,1-24,33-35,38-40H2,(H4-,46,47,48,49,50,51,52,53,54)/p+1. The Morgan fingerprint density at radius 2 is 1.02 bits per heavy atom. The number of aryl methyl sites for hydroxylation is 1. The van der Waals surface area contributed by atoms with Gasteiger partial charge in [0.15, 0.2) is 12.4 Å². The molecule has 0 atom stereocenters. The van der Waals surface area contributed by atoms with Crippen LogP contribution in [-0.4, -0.2) is 64.6 Å². The number of phosphoric acid groups is 2. The fourth-order valence-corrected chi connectivity index (χ4v) is 8.33. The van der Waals surface area contributed by atoms with Crippen LogP contribution in [0.2, 0.25) is 0 Å². The number of nitrogens with zero attached hydrogens (tertiary/aromatic N) is 2. The summed E-state index contributed by atoms with van der Waals surface area (Å²) in [5.74, 6) is -0.209. The molecule has 338 valence electrons. The van der Waals surface area contributed by atoms with Crippen molar-refractivity contribution in [1.29, 1.82) is 0 Å². The maximum absolute atomic E-state index is 10.9. The molecule has 2 rings (SSSR count). The second kappa shape index (κ2) is 32.0. The van der Waals surface area contributed by atoms with Gasteiger partial charge in [0.2, 0.25) is 0 Å². The van der Waals surface area contributed by atoms with Crippen molar-refractivity contribution in [3.8, 4) is 0 Å². The zero-order valence-corrected chi connectivity index (χ0v) is 38.0. The van der Waals surface area contributed by atoms with Gasteiger partial charge in [-0.1, -0.05) is 140 Å². The molecule has 59 heavy (non-hydrogen) atoms. The molecule has 2 aromatic rings. The Morgan fingerprint density at radius 3 is 1.44 bits per heavy atom. The van der Waals surface area contributed by atoms with E-state index < -0.39 is 26.1 Å². The molecule has 16 heteroatoms. The van der Waals surface area contributed by atoms with E-state index in [1.165, 1.54) is 95.6 Å². The summed E-state index contributed by atoms with van der Waals surface area (Å²) in [5.41, 5.74) is 3.48. The Morgan fingerprint density at radius 1 is 0.610 bits per heavy atom. The van der Waals surface area contributed by atoms with E-state index in [2.05, 4.69) is 50.4 Å². The number of aromatic nitrogens is 1. The third-order valence-electron chi connectivity index (χ3n) is 10.4. The number of benzene rings is 1. The van der Waals surface area contributed by atoms with Crippen molar-refractivity contribution >= 4 is 44.0 Å². The van der Waals surface area contributed by atoms with E-state index in [4.69, 9.17) is 24.1 Å². The Balaban J connectivity index is 1.73. The third kappa shape index (κ3) is 32.6. The normalized spacial score (nSPS) is 12.5. The lowest BCUT2D eigenvalue weighted by atomic mass is 10.0. The maximum Gasteiger partial charge on any atom is 0.469 e. The second-order valence-electron chi connectivity index (χ2n) is 15.7. The molecule has 0 saturated heterocycles.